The van der Waals surface area contributed by atoms with Crippen LogP contribution < -0.4 is 5.32 Å². The van der Waals surface area contributed by atoms with Crippen molar-refractivity contribution in [2.24, 2.45) is 5.92 Å². The van der Waals surface area contributed by atoms with Gasteiger partial charge in [0.05, 0.1) is 0 Å². The summed E-state index contributed by atoms with van der Waals surface area (Å²) in [6.07, 6.45) is 4.62. The lowest BCUT2D eigenvalue weighted by Crippen LogP contribution is -2.12. The zero-order chi connectivity index (χ0) is 11.1. The minimum atomic E-state index is 0.794. The maximum absolute atomic E-state index is 3.51. The van der Waals surface area contributed by atoms with E-state index < -0.39 is 0 Å². The Hall–Kier alpha value is -0.630. The van der Waals surface area contributed by atoms with E-state index in [9.17, 15) is 0 Å². The van der Waals surface area contributed by atoms with E-state index in [2.05, 4.69) is 49.7 Å². The van der Waals surface area contributed by atoms with E-state index >= 15 is 0 Å². The van der Waals surface area contributed by atoms with Crippen molar-refractivity contribution < 1.29 is 0 Å². The molecule has 1 rings (SSSR count). The molecule has 0 aromatic heterocycles. The molecule has 0 saturated heterocycles. The van der Waals surface area contributed by atoms with Gasteiger partial charge in [-0.25, -0.2) is 0 Å². The van der Waals surface area contributed by atoms with Gasteiger partial charge < -0.3 is 5.32 Å². The highest BCUT2D eigenvalue weighted by Gasteiger charge is 2.02. The predicted molar refractivity (Wildman–Crippen MR) is 70.8 cm³/mol. The molecule has 0 amide bonds. The lowest BCUT2D eigenvalue weighted by atomic mass is 10.0. The second-order valence-electron chi connectivity index (χ2n) is 3.80. The van der Waals surface area contributed by atoms with E-state index in [-0.39, 0.29) is 0 Å². The summed E-state index contributed by atoms with van der Waals surface area (Å²) in [6, 6.07) is 8.61. The molecule has 15 heavy (non-hydrogen) atoms. The Kier molecular flexibility index (Phi) is 5.62. The zero-order valence-corrected chi connectivity index (χ0v) is 10.7. The van der Waals surface area contributed by atoms with Gasteiger partial charge in [-0.2, -0.15) is 0 Å². The molecule has 0 bridgehead atoms. The van der Waals surface area contributed by atoms with E-state index in [1.165, 1.54) is 23.4 Å². The van der Waals surface area contributed by atoms with Gasteiger partial charge in [-0.1, -0.05) is 32.8 Å². The molecule has 0 aliphatic carbocycles. The Morgan fingerprint density at radius 1 is 1.27 bits per heavy atom. The average Bonchev–Trinajstić information content (AvgIpc) is 2.31. The summed E-state index contributed by atoms with van der Waals surface area (Å²) in [4.78, 5) is 1.32. The number of hydrogen-bond donors (Lipinski definition) is 1. The van der Waals surface area contributed by atoms with Crippen molar-refractivity contribution in [1.82, 2.24) is 0 Å². The summed E-state index contributed by atoms with van der Waals surface area (Å²) in [6.45, 7) is 5.60. The van der Waals surface area contributed by atoms with Gasteiger partial charge in [-0.3, -0.25) is 0 Å². The Morgan fingerprint density at radius 3 is 2.60 bits per heavy atom. The normalized spacial score (nSPS) is 10.7. The molecule has 0 spiro atoms. The molecule has 1 aromatic rings. The minimum Gasteiger partial charge on any atom is -0.385 e. The summed E-state index contributed by atoms with van der Waals surface area (Å²) in [5, 5.41) is 3.51. The highest BCUT2D eigenvalue weighted by molar-refractivity contribution is 7.98. The maximum Gasteiger partial charge on any atom is 0.0351 e. The van der Waals surface area contributed by atoms with Crippen LogP contribution >= 0.6 is 11.8 Å². The smallest absolute Gasteiger partial charge is 0.0351 e. The van der Waals surface area contributed by atoms with Crippen molar-refractivity contribution in [1.29, 1.82) is 0 Å². The van der Waals surface area contributed by atoms with Crippen LogP contribution in [-0.4, -0.2) is 12.8 Å². The van der Waals surface area contributed by atoms with Crippen LogP contribution in [0.1, 0.15) is 26.7 Å². The standard InChI is InChI=1S/C13H21NS/c1-4-11(5-2)10-14-12-7-6-8-13(9-12)15-3/h6-9,11,14H,4-5,10H2,1-3H3. The van der Waals surface area contributed by atoms with Gasteiger partial charge in [-0.05, 0) is 30.4 Å². The van der Waals surface area contributed by atoms with Gasteiger partial charge in [0.25, 0.3) is 0 Å². The van der Waals surface area contributed by atoms with Crippen molar-refractivity contribution >= 4 is 17.4 Å². The molecule has 1 aromatic carbocycles. The Labute approximate surface area is 97.7 Å². The SMILES string of the molecule is CCC(CC)CNc1cccc(SC)c1. The van der Waals surface area contributed by atoms with E-state index in [4.69, 9.17) is 0 Å². The molecule has 1 N–H and O–H groups in total. The van der Waals surface area contributed by atoms with Crippen molar-refractivity contribution in [2.75, 3.05) is 18.1 Å². The summed E-state index contributed by atoms with van der Waals surface area (Å²) in [5.74, 6) is 0.794. The fourth-order valence-electron chi connectivity index (χ4n) is 1.57. The van der Waals surface area contributed by atoms with Gasteiger partial charge in [0.2, 0.25) is 0 Å². The molecule has 0 aliphatic heterocycles. The Morgan fingerprint density at radius 2 is 2.00 bits per heavy atom. The number of nitrogens with one attached hydrogen (secondary N) is 1. The maximum atomic E-state index is 3.51. The molecule has 2 heteroatoms. The molecule has 0 heterocycles. The van der Waals surface area contributed by atoms with Gasteiger partial charge >= 0.3 is 0 Å². The lowest BCUT2D eigenvalue weighted by molar-refractivity contribution is 0.519. The third-order valence-corrected chi connectivity index (χ3v) is 3.54. The largest absolute Gasteiger partial charge is 0.385 e. The Bertz CT molecular complexity index is 282. The van der Waals surface area contributed by atoms with Crippen LogP contribution in [0.4, 0.5) is 5.69 Å². The van der Waals surface area contributed by atoms with Crippen LogP contribution in [0.5, 0.6) is 0 Å². The van der Waals surface area contributed by atoms with Gasteiger partial charge in [0.15, 0.2) is 0 Å². The molecule has 0 radical (unpaired) electrons. The first-order valence-corrected chi connectivity index (χ1v) is 6.90. The molecule has 1 nitrogen and oxygen atoms in total. The first-order chi connectivity index (χ1) is 7.30. The fraction of sp³-hybridized carbons (Fsp3) is 0.538. The average molecular weight is 223 g/mol. The van der Waals surface area contributed by atoms with Crippen molar-refractivity contribution in [3.8, 4) is 0 Å². The predicted octanol–water partition coefficient (Wildman–Crippen LogP) is 4.26. The third-order valence-electron chi connectivity index (χ3n) is 2.82. The molecule has 0 fully saturated rings. The third kappa shape index (κ3) is 4.17. The Balaban J connectivity index is 2.49. The van der Waals surface area contributed by atoms with Gasteiger partial charge in [0, 0.05) is 17.1 Å². The highest BCUT2D eigenvalue weighted by atomic mass is 32.2. The number of hydrogen-bond acceptors (Lipinski definition) is 2. The van der Waals surface area contributed by atoms with Crippen LogP contribution in [0.2, 0.25) is 0 Å². The minimum absolute atomic E-state index is 0.794. The number of thioether (sulfide) groups is 1. The molecule has 0 unspecified atom stereocenters. The van der Waals surface area contributed by atoms with Crippen LogP contribution in [-0.2, 0) is 0 Å². The molecule has 84 valence electrons. The molecule has 0 atom stereocenters. The summed E-state index contributed by atoms with van der Waals surface area (Å²) >= 11 is 1.79. The van der Waals surface area contributed by atoms with E-state index in [0.29, 0.717) is 0 Å². The molecular formula is C13H21NS. The number of rotatable bonds is 6. The van der Waals surface area contributed by atoms with Crippen molar-refractivity contribution in [3.63, 3.8) is 0 Å². The number of benzene rings is 1. The zero-order valence-electron chi connectivity index (χ0n) is 9.92. The summed E-state index contributed by atoms with van der Waals surface area (Å²) < 4.78 is 0. The van der Waals surface area contributed by atoms with E-state index in [1.807, 2.05) is 0 Å². The van der Waals surface area contributed by atoms with Crippen LogP contribution in [0.15, 0.2) is 29.2 Å². The first-order valence-electron chi connectivity index (χ1n) is 5.68. The van der Waals surface area contributed by atoms with E-state index in [0.717, 1.165) is 12.5 Å². The fourth-order valence-corrected chi connectivity index (χ4v) is 2.03. The van der Waals surface area contributed by atoms with Crippen molar-refractivity contribution in [2.45, 2.75) is 31.6 Å². The van der Waals surface area contributed by atoms with Crippen molar-refractivity contribution in [3.05, 3.63) is 24.3 Å². The van der Waals surface area contributed by atoms with Crippen LogP contribution in [0, 0.1) is 5.92 Å². The first kappa shape index (κ1) is 12.4. The van der Waals surface area contributed by atoms with Gasteiger partial charge in [-0.15, -0.1) is 11.8 Å². The summed E-state index contributed by atoms with van der Waals surface area (Å²) in [5.41, 5.74) is 1.24. The monoisotopic (exact) mass is 223 g/mol. The molecule has 0 aliphatic rings. The highest BCUT2D eigenvalue weighted by Crippen LogP contribution is 2.19. The van der Waals surface area contributed by atoms with Gasteiger partial charge in [0.1, 0.15) is 0 Å². The van der Waals surface area contributed by atoms with Crippen LogP contribution in [0.3, 0.4) is 0 Å². The van der Waals surface area contributed by atoms with E-state index in [1.54, 1.807) is 11.8 Å². The quantitative estimate of drug-likeness (QED) is 0.723. The second kappa shape index (κ2) is 6.78. The molecule has 0 saturated carbocycles. The molecular weight excluding hydrogens is 202 g/mol. The topological polar surface area (TPSA) is 12.0 Å². The lowest BCUT2D eigenvalue weighted by Gasteiger charge is -2.14. The second-order valence-corrected chi connectivity index (χ2v) is 4.68. The number of anilines is 1. The van der Waals surface area contributed by atoms with Crippen LogP contribution in [0.25, 0.3) is 0 Å². The summed E-state index contributed by atoms with van der Waals surface area (Å²) in [7, 11) is 0.